The van der Waals surface area contributed by atoms with Crippen LogP contribution >= 0.6 is 11.3 Å². The van der Waals surface area contributed by atoms with Gasteiger partial charge in [0.2, 0.25) is 10.0 Å². The Morgan fingerprint density at radius 3 is 2.90 bits per heavy atom. The lowest BCUT2D eigenvalue weighted by molar-refractivity contribution is 0.492. The van der Waals surface area contributed by atoms with Crippen LogP contribution in [0.4, 0.5) is 0 Å². The van der Waals surface area contributed by atoms with E-state index in [1.807, 2.05) is 25.1 Å². The molecule has 2 N–H and O–H groups in total. The minimum atomic E-state index is -3.42. The molecule has 1 aromatic carbocycles. The monoisotopic (exact) mass is 322 g/mol. The van der Waals surface area contributed by atoms with Gasteiger partial charge in [0.25, 0.3) is 0 Å². The van der Waals surface area contributed by atoms with Crippen LogP contribution in [0.1, 0.15) is 22.7 Å². The minimum absolute atomic E-state index is 0.0324. The van der Waals surface area contributed by atoms with Gasteiger partial charge in [-0.3, -0.25) is 0 Å². The molecule has 1 aliphatic heterocycles. The van der Waals surface area contributed by atoms with E-state index in [-0.39, 0.29) is 6.04 Å². The molecule has 0 saturated carbocycles. The SMILES string of the molecule is Cc1ccsc1S(=O)(=O)NCC1NCCc2ccccc21. The first-order valence-electron chi connectivity index (χ1n) is 6.93. The molecule has 0 fully saturated rings. The molecule has 0 aliphatic carbocycles. The fourth-order valence-electron chi connectivity index (χ4n) is 2.67. The topological polar surface area (TPSA) is 58.2 Å². The van der Waals surface area contributed by atoms with Crippen LogP contribution in [-0.2, 0) is 16.4 Å². The summed E-state index contributed by atoms with van der Waals surface area (Å²) in [6, 6.07) is 10.1. The molecule has 2 heterocycles. The van der Waals surface area contributed by atoms with Gasteiger partial charge in [-0.25, -0.2) is 13.1 Å². The molecular formula is C15H18N2O2S2. The van der Waals surface area contributed by atoms with Crippen molar-refractivity contribution in [1.82, 2.24) is 10.0 Å². The maximum Gasteiger partial charge on any atom is 0.250 e. The summed E-state index contributed by atoms with van der Waals surface area (Å²) in [5.74, 6) is 0. The molecular weight excluding hydrogens is 304 g/mol. The van der Waals surface area contributed by atoms with Crippen molar-refractivity contribution in [1.29, 1.82) is 0 Å². The van der Waals surface area contributed by atoms with Crippen LogP contribution in [0.5, 0.6) is 0 Å². The molecule has 0 bridgehead atoms. The first-order valence-corrected chi connectivity index (χ1v) is 9.29. The fourth-order valence-corrected chi connectivity index (χ4v) is 5.18. The van der Waals surface area contributed by atoms with Crippen LogP contribution in [-0.4, -0.2) is 21.5 Å². The van der Waals surface area contributed by atoms with Crippen molar-refractivity contribution in [3.63, 3.8) is 0 Å². The largest absolute Gasteiger partial charge is 0.308 e. The van der Waals surface area contributed by atoms with Crippen molar-refractivity contribution < 1.29 is 8.42 Å². The third-order valence-corrected chi connectivity index (χ3v) is 6.86. The van der Waals surface area contributed by atoms with E-state index >= 15 is 0 Å². The van der Waals surface area contributed by atoms with Crippen molar-refractivity contribution in [2.45, 2.75) is 23.6 Å². The summed E-state index contributed by atoms with van der Waals surface area (Å²) >= 11 is 1.26. The zero-order valence-corrected chi connectivity index (χ0v) is 13.4. The van der Waals surface area contributed by atoms with Gasteiger partial charge in [-0.1, -0.05) is 24.3 Å². The van der Waals surface area contributed by atoms with Gasteiger partial charge in [-0.15, -0.1) is 11.3 Å². The van der Waals surface area contributed by atoms with E-state index in [1.54, 1.807) is 5.38 Å². The standard InChI is InChI=1S/C15H18N2O2S2/c1-11-7-9-20-15(11)21(18,19)17-10-14-13-5-3-2-4-12(13)6-8-16-14/h2-5,7,9,14,16-17H,6,8,10H2,1H3. The Morgan fingerprint density at radius 1 is 1.33 bits per heavy atom. The number of thiophene rings is 1. The van der Waals surface area contributed by atoms with Gasteiger partial charge in [0.05, 0.1) is 0 Å². The van der Waals surface area contributed by atoms with Crippen molar-refractivity contribution in [2.24, 2.45) is 0 Å². The lowest BCUT2D eigenvalue weighted by atomic mass is 9.95. The lowest BCUT2D eigenvalue weighted by Crippen LogP contribution is -2.38. The van der Waals surface area contributed by atoms with Crippen LogP contribution in [0.2, 0.25) is 0 Å². The number of aryl methyl sites for hydroxylation is 1. The molecule has 21 heavy (non-hydrogen) atoms. The number of nitrogens with one attached hydrogen (secondary N) is 2. The number of hydrogen-bond donors (Lipinski definition) is 2. The van der Waals surface area contributed by atoms with Crippen LogP contribution in [0, 0.1) is 6.92 Å². The smallest absolute Gasteiger partial charge is 0.250 e. The molecule has 3 rings (SSSR count). The van der Waals surface area contributed by atoms with Crippen molar-refractivity contribution in [2.75, 3.05) is 13.1 Å². The summed E-state index contributed by atoms with van der Waals surface area (Å²) in [4.78, 5) is 0. The summed E-state index contributed by atoms with van der Waals surface area (Å²) in [6.07, 6.45) is 0.990. The number of fused-ring (bicyclic) bond motifs is 1. The lowest BCUT2D eigenvalue weighted by Gasteiger charge is -2.27. The highest BCUT2D eigenvalue weighted by atomic mass is 32.2. The first kappa shape index (κ1) is 14.7. The van der Waals surface area contributed by atoms with E-state index in [1.165, 1.54) is 22.5 Å². The Balaban J connectivity index is 1.76. The Kier molecular flexibility index (Phi) is 4.12. The van der Waals surface area contributed by atoms with E-state index in [0.29, 0.717) is 10.8 Å². The van der Waals surface area contributed by atoms with Crippen molar-refractivity contribution in [3.05, 3.63) is 52.4 Å². The average Bonchev–Trinajstić information content (AvgIpc) is 2.92. The van der Waals surface area contributed by atoms with Gasteiger partial charge < -0.3 is 5.32 Å². The van der Waals surface area contributed by atoms with Gasteiger partial charge in [-0.2, -0.15) is 0 Å². The molecule has 2 aromatic rings. The maximum atomic E-state index is 12.3. The summed E-state index contributed by atoms with van der Waals surface area (Å²) in [5.41, 5.74) is 3.28. The molecule has 1 aromatic heterocycles. The van der Waals surface area contributed by atoms with E-state index in [4.69, 9.17) is 0 Å². The van der Waals surface area contributed by atoms with Crippen molar-refractivity contribution in [3.8, 4) is 0 Å². The molecule has 6 heteroatoms. The second kappa shape index (κ2) is 5.88. The van der Waals surface area contributed by atoms with Crippen LogP contribution < -0.4 is 10.0 Å². The Hall–Kier alpha value is -1.21. The van der Waals surface area contributed by atoms with Crippen LogP contribution in [0.3, 0.4) is 0 Å². The molecule has 1 aliphatic rings. The van der Waals surface area contributed by atoms with Gasteiger partial charge in [0, 0.05) is 12.6 Å². The summed E-state index contributed by atoms with van der Waals surface area (Å²) in [6.45, 7) is 3.07. The van der Waals surface area contributed by atoms with E-state index < -0.39 is 10.0 Å². The van der Waals surface area contributed by atoms with Gasteiger partial charge in [0.1, 0.15) is 4.21 Å². The third kappa shape index (κ3) is 3.03. The predicted molar refractivity (Wildman–Crippen MR) is 85.1 cm³/mol. The predicted octanol–water partition coefficient (Wildman–Crippen LogP) is 2.22. The summed E-state index contributed by atoms with van der Waals surface area (Å²) in [7, 11) is -3.42. The highest BCUT2D eigenvalue weighted by Crippen LogP contribution is 2.24. The highest BCUT2D eigenvalue weighted by molar-refractivity contribution is 7.91. The zero-order chi connectivity index (χ0) is 14.9. The average molecular weight is 322 g/mol. The maximum absolute atomic E-state index is 12.3. The molecule has 0 radical (unpaired) electrons. The first-order chi connectivity index (χ1) is 10.1. The normalized spacial score (nSPS) is 18.4. The molecule has 4 nitrogen and oxygen atoms in total. The summed E-state index contributed by atoms with van der Waals surface area (Å²) < 4.78 is 27.8. The van der Waals surface area contributed by atoms with E-state index in [2.05, 4.69) is 22.2 Å². The number of benzene rings is 1. The Bertz CT molecular complexity index is 738. The quantitative estimate of drug-likeness (QED) is 0.907. The van der Waals surface area contributed by atoms with Crippen LogP contribution in [0.25, 0.3) is 0 Å². The second-order valence-corrected chi connectivity index (χ2v) is 8.08. The molecule has 1 unspecified atom stereocenters. The third-order valence-electron chi connectivity index (χ3n) is 3.75. The molecule has 0 amide bonds. The number of sulfonamides is 1. The highest BCUT2D eigenvalue weighted by Gasteiger charge is 2.23. The van der Waals surface area contributed by atoms with Gasteiger partial charge >= 0.3 is 0 Å². The molecule has 112 valence electrons. The van der Waals surface area contributed by atoms with Crippen molar-refractivity contribution >= 4 is 21.4 Å². The molecule has 1 atom stereocenters. The molecule has 0 saturated heterocycles. The Morgan fingerprint density at radius 2 is 2.14 bits per heavy atom. The summed E-state index contributed by atoms with van der Waals surface area (Å²) in [5, 5.41) is 5.19. The van der Waals surface area contributed by atoms with E-state index in [0.717, 1.165) is 18.5 Å². The Labute approximate surface area is 129 Å². The number of rotatable bonds is 4. The van der Waals surface area contributed by atoms with E-state index in [9.17, 15) is 8.42 Å². The molecule has 0 spiro atoms. The van der Waals surface area contributed by atoms with Crippen LogP contribution in [0.15, 0.2) is 39.9 Å². The van der Waals surface area contributed by atoms with Gasteiger partial charge in [0.15, 0.2) is 0 Å². The fraction of sp³-hybridized carbons (Fsp3) is 0.333. The van der Waals surface area contributed by atoms with Gasteiger partial charge in [-0.05, 0) is 48.0 Å². The minimum Gasteiger partial charge on any atom is -0.308 e. The number of hydrogen-bond acceptors (Lipinski definition) is 4. The zero-order valence-electron chi connectivity index (χ0n) is 11.8. The second-order valence-electron chi connectivity index (χ2n) is 5.20.